The Kier molecular flexibility index (Phi) is 5.57. The van der Waals surface area contributed by atoms with E-state index < -0.39 is 26.8 Å². The molecule has 0 aliphatic carbocycles. The largest absolute Gasteiger partial charge is 0.482 e. The first-order chi connectivity index (χ1) is 13.2. The molecule has 1 heterocycles. The maximum absolute atomic E-state index is 13.1. The fourth-order valence-corrected chi connectivity index (χ4v) is 4.22. The number of carbonyl (C=O) groups is 2. The Balaban J connectivity index is 1.74. The average molecular weight is 427 g/mol. The van der Waals surface area contributed by atoms with Gasteiger partial charge in [-0.2, -0.15) is 0 Å². The van der Waals surface area contributed by atoms with Crippen LogP contribution in [0.2, 0.25) is 5.02 Å². The number of hydrogen-bond acceptors (Lipinski definition) is 5. The summed E-state index contributed by atoms with van der Waals surface area (Å²) in [5, 5.41) is 3.97. The van der Waals surface area contributed by atoms with Crippen LogP contribution in [0.25, 0.3) is 0 Å². The molecule has 1 aliphatic rings. The molecule has 28 heavy (non-hydrogen) atoms. The number of fused-ring (bicyclic) bond motifs is 1. The predicted octanol–water partition coefficient (Wildman–Crippen LogP) is 3.00. The minimum atomic E-state index is -3.85. The Labute approximate surface area is 165 Å². The van der Waals surface area contributed by atoms with Crippen molar-refractivity contribution in [3.8, 4) is 5.75 Å². The summed E-state index contributed by atoms with van der Waals surface area (Å²) in [6, 6.07) is 7.57. The molecule has 0 bridgehead atoms. The van der Waals surface area contributed by atoms with Crippen molar-refractivity contribution in [2.24, 2.45) is 0 Å². The van der Waals surface area contributed by atoms with Crippen LogP contribution in [0.4, 0.5) is 15.8 Å². The molecule has 1 atom stereocenters. The molecule has 3 rings (SSSR count). The zero-order chi connectivity index (χ0) is 20.5. The second-order valence-corrected chi connectivity index (χ2v) is 9.00. The van der Waals surface area contributed by atoms with Gasteiger partial charge in [0.15, 0.2) is 16.4 Å². The van der Waals surface area contributed by atoms with Gasteiger partial charge < -0.3 is 15.4 Å². The van der Waals surface area contributed by atoms with Gasteiger partial charge in [-0.05, 0) is 43.3 Å². The number of carbonyl (C=O) groups excluding carboxylic acids is 2. The third-order valence-corrected chi connectivity index (χ3v) is 6.57. The molecule has 0 fully saturated rings. The van der Waals surface area contributed by atoms with Gasteiger partial charge in [0.2, 0.25) is 5.91 Å². The minimum Gasteiger partial charge on any atom is -0.482 e. The molecule has 2 N–H and O–H groups in total. The number of amides is 2. The molecular weight excluding hydrogens is 411 g/mol. The van der Waals surface area contributed by atoms with Crippen LogP contribution in [-0.2, 0) is 19.4 Å². The van der Waals surface area contributed by atoms with Gasteiger partial charge in [-0.1, -0.05) is 11.6 Å². The number of sulfone groups is 1. The first kappa shape index (κ1) is 20.1. The Morgan fingerprint density at radius 2 is 2.07 bits per heavy atom. The predicted molar refractivity (Wildman–Crippen MR) is 102 cm³/mol. The SMILES string of the molecule is C[C@@H](CC(=O)Nc1ccc(F)cc1Cl)S(=O)(=O)c1ccc2c(c1)NC(=O)CO2. The summed E-state index contributed by atoms with van der Waals surface area (Å²) in [7, 11) is -3.85. The Hall–Kier alpha value is -2.65. The van der Waals surface area contributed by atoms with E-state index in [0.29, 0.717) is 5.75 Å². The molecule has 10 heteroatoms. The topological polar surface area (TPSA) is 102 Å². The van der Waals surface area contributed by atoms with Gasteiger partial charge in [0.05, 0.1) is 26.5 Å². The standard InChI is InChI=1S/C18H16ClFN2O5S/c1-10(6-17(23)21-14-4-2-11(20)7-13(14)19)28(25,26)12-3-5-16-15(8-12)22-18(24)9-27-16/h2-5,7-8,10H,6,9H2,1H3,(H,21,23)(H,22,24)/t10-/m0/s1. The zero-order valence-corrected chi connectivity index (χ0v) is 16.2. The number of rotatable bonds is 5. The minimum absolute atomic E-state index is 0.00860. The van der Waals surface area contributed by atoms with Gasteiger partial charge in [-0.15, -0.1) is 0 Å². The van der Waals surface area contributed by atoms with E-state index in [1.807, 2.05) is 0 Å². The van der Waals surface area contributed by atoms with Crippen molar-refractivity contribution >= 4 is 44.6 Å². The lowest BCUT2D eigenvalue weighted by Gasteiger charge is -2.19. The van der Waals surface area contributed by atoms with E-state index in [0.717, 1.165) is 12.1 Å². The zero-order valence-electron chi connectivity index (χ0n) is 14.7. The monoisotopic (exact) mass is 426 g/mol. The summed E-state index contributed by atoms with van der Waals surface area (Å²) in [6.07, 6.45) is -0.337. The maximum Gasteiger partial charge on any atom is 0.262 e. The highest BCUT2D eigenvalue weighted by atomic mass is 35.5. The van der Waals surface area contributed by atoms with Crippen LogP contribution >= 0.6 is 11.6 Å². The quantitative estimate of drug-likeness (QED) is 0.765. The Morgan fingerprint density at radius 3 is 2.79 bits per heavy atom. The fourth-order valence-electron chi connectivity index (χ4n) is 2.63. The van der Waals surface area contributed by atoms with Crippen LogP contribution in [-0.4, -0.2) is 32.1 Å². The number of ether oxygens (including phenoxy) is 1. The van der Waals surface area contributed by atoms with Crippen molar-refractivity contribution in [3.05, 3.63) is 47.2 Å². The van der Waals surface area contributed by atoms with Crippen molar-refractivity contribution < 1.29 is 27.1 Å². The van der Waals surface area contributed by atoms with Crippen LogP contribution in [0, 0.1) is 5.82 Å². The number of nitrogens with one attached hydrogen (secondary N) is 2. The van der Waals surface area contributed by atoms with Gasteiger partial charge in [0.1, 0.15) is 11.6 Å². The lowest BCUT2D eigenvalue weighted by atomic mass is 10.2. The van der Waals surface area contributed by atoms with E-state index in [4.69, 9.17) is 16.3 Å². The van der Waals surface area contributed by atoms with Crippen molar-refractivity contribution in [1.82, 2.24) is 0 Å². The molecule has 2 aromatic rings. The number of anilines is 2. The highest BCUT2D eigenvalue weighted by Gasteiger charge is 2.28. The van der Waals surface area contributed by atoms with Crippen molar-refractivity contribution in [3.63, 3.8) is 0 Å². The van der Waals surface area contributed by atoms with Crippen molar-refractivity contribution in [1.29, 1.82) is 0 Å². The molecule has 0 saturated heterocycles. The van der Waals surface area contributed by atoms with Gasteiger partial charge in [-0.3, -0.25) is 9.59 Å². The molecular formula is C18H16ClFN2O5S. The van der Waals surface area contributed by atoms with E-state index in [1.54, 1.807) is 0 Å². The summed E-state index contributed by atoms with van der Waals surface area (Å²) in [5.41, 5.74) is 0.443. The lowest BCUT2D eigenvalue weighted by Crippen LogP contribution is -2.27. The summed E-state index contributed by atoms with van der Waals surface area (Å²) >= 11 is 5.86. The first-order valence-corrected chi connectivity index (χ1v) is 10.1. The van der Waals surface area contributed by atoms with Crippen LogP contribution in [0.15, 0.2) is 41.3 Å². The van der Waals surface area contributed by atoms with E-state index >= 15 is 0 Å². The van der Waals surface area contributed by atoms with E-state index in [2.05, 4.69) is 10.6 Å². The molecule has 2 aromatic carbocycles. The molecule has 0 aromatic heterocycles. The van der Waals surface area contributed by atoms with Gasteiger partial charge in [-0.25, -0.2) is 12.8 Å². The summed E-state index contributed by atoms with van der Waals surface area (Å²) in [6.45, 7) is 1.26. The van der Waals surface area contributed by atoms with Gasteiger partial charge in [0.25, 0.3) is 5.91 Å². The summed E-state index contributed by atoms with van der Waals surface area (Å²) in [5.74, 6) is -1.15. The number of benzene rings is 2. The van der Waals surface area contributed by atoms with E-state index in [-0.39, 0.29) is 40.2 Å². The second-order valence-electron chi connectivity index (χ2n) is 6.23. The van der Waals surface area contributed by atoms with Crippen molar-refractivity contribution in [2.75, 3.05) is 17.2 Å². The van der Waals surface area contributed by atoms with Gasteiger partial charge >= 0.3 is 0 Å². The fraction of sp³-hybridized carbons (Fsp3) is 0.222. The van der Waals surface area contributed by atoms with E-state index in [1.165, 1.54) is 31.2 Å². The third-order valence-electron chi connectivity index (χ3n) is 4.12. The molecule has 0 saturated carbocycles. The Bertz CT molecular complexity index is 1060. The summed E-state index contributed by atoms with van der Waals surface area (Å²) < 4.78 is 43.9. The average Bonchev–Trinajstić information content (AvgIpc) is 2.63. The summed E-state index contributed by atoms with van der Waals surface area (Å²) in [4.78, 5) is 23.6. The molecule has 0 unspecified atom stereocenters. The molecule has 0 radical (unpaired) electrons. The van der Waals surface area contributed by atoms with Crippen LogP contribution in [0.1, 0.15) is 13.3 Å². The van der Waals surface area contributed by atoms with E-state index in [9.17, 15) is 22.4 Å². The van der Waals surface area contributed by atoms with Crippen molar-refractivity contribution in [2.45, 2.75) is 23.5 Å². The van der Waals surface area contributed by atoms with Gasteiger partial charge in [0, 0.05) is 6.42 Å². The van der Waals surface area contributed by atoms with Crippen LogP contribution < -0.4 is 15.4 Å². The third kappa shape index (κ3) is 4.26. The molecule has 0 spiro atoms. The molecule has 2 amide bonds. The van der Waals surface area contributed by atoms with Crippen LogP contribution in [0.5, 0.6) is 5.75 Å². The molecule has 1 aliphatic heterocycles. The lowest BCUT2D eigenvalue weighted by molar-refractivity contribution is -0.118. The highest BCUT2D eigenvalue weighted by Crippen LogP contribution is 2.32. The smallest absolute Gasteiger partial charge is 0.262 e. The highest BCUT2D eigenvalue weighted by molar-refractivity contribution is 7.92. The normalized spacial score (nSPS) is 14.5. The molecule has 148 valence electrons. The Morgan fingerprint density at radius 1 is 1.32 bits per heavy atom. The second kappa shape index (κ2) is 7.76. The maximum atomic E-state index is 13.1. The number of hydrogen-bond donors (Lipinski definition) is 2. The first-order valence-electron chi connectivity index (χ1n) is 8.22. The molecule has 7 nitrogen and oxygen atoms in total. The number of halogens is 2. The van der Waals surface area contributed by atoms with Crippen LogP contribution in [0.3, 0.4) is 0 Å².